The summed E-state index contributed by atoms with van der Waals surface area (Å²) in [7, 11) is 1.78. The van der Waals surface area contributed by atoms with Gasteiger partial charge in [0.1, 0.15) is 11.2 Å². The lowest BCUT2D eigenvalue weighted by atomic mass is 10.4. The molecule has 3 rings (SSSR count). The Morgan fingerprint density at radius 1 is 1.47 bits per heavy atom. The van der Waals surface area contributed by atoms with Gasteiger partial charge >= 0.3 is 0 Å². The molecule has 8 heteroatoms. The predicted octanol–water partition coefficient (Wildman–Crippen LogP) is 1.60. The van der Waals surface area contributed by atoms with Crippen molar-refractivity contribution in [1.29, 1.82) is 0 Å². The maximum absolute atomic E-state index is 12.0. The Bertz CT molecular complexity index is 761. The predicted molar refractivity (Wildman–Crippen MR) is 70.1 cm³/mol. The fourth-order valence-corrected chi connectivity index (χ4v) is 1.94. The Hall–Kier alpha value is -2.41. The Kier molecular flexibility index (Phi) is 2.68. The minimum atomic E-state index is -0.307. The van der Waals surface area contributed by atoms with Crippen molar-refractivity contribution in [3.63, 3.8) is 0 Å². The first-order chi connectivity index (χ1) is 9.15. The molecule has 0 unspecified atom stereocenters. The zero-order valence-corrected chi connectivity index (χ0v) is 10.6. The Labute approximate surface area is 112 Å². The van der Waals surface area contributed by atoms with Gasteiger partial charge in [0.25, 0.3) is 5.91 Å². The maximum Gasteiger partial charge on any atom is 0.274 e. The van der Waals surface area contributed by atoms with Crippen molar-refractivity contribution in [1.82, 2.24) is 24.5 Å². The second kappa shape index (κ2) is 4.36. The van der Waals surface area contributed by atoms with Gasteiger partial charge in [0.05, 0.1) is 6.33 Å². The van der Waals surface area contributed by atoms with Crippen molar-refractivity contribution >= 4 is 34.6 Å². The molecule has 7 nitrogen and oxygen atoms in total. The smallest absolute Gasteiger partial charge is 0.274 e. The molecular formula is C11H9ClN6O. The quantitative estimate of drug-likeness (QED) is 0.696. The van der Waals surface area contributed by atoms with Gasteiger partial charge in [-0.1, -0.05) is 11.6 Å². The van der Waals surface area contributed by atoms with Crippen molar-refractivity contribution < 1.29 is 4.79 Å². The van der Waals surface area contributed by atoms with Gasteiger partial charge in [0.15, 0.2) is 10.8 Å². The molecule has 3 aromatic heterocycles. The average Bonchev–Trinajstić information content (AvgIpc) is 2.97. The molecule has 0 saturated heterocycles. The summed E-state index contributed by atoms with van der Waals surface area (Å²) in [5, 5.41) is 2.80. The van der Waals surface area contributed by atoms with Crippen LogP contribution in [0.25, 0.3) is 11.2 Å². The average molecular weight is 277 g/mol. The van der Waals surface area contributed by atoms with Gasteiger partial charge in [-0.05, 0) is 12.1 Å². The van der Waals surface area contributed by atoms with E-state index in [1.807, 2.05) is 0 Å². The topological polar surface area (TPSA) is 88.5 Å². The fraction of sp³-hybridized carbons (Fsp3) is 0.0909. The van der Waals surface area contributed by atoms with Crippen molar-refractivity contribution in [3.8, 4) is 0 Å². The van der Waals surface area contributed by atoms with Gasteiger partial charge in [-0.3, -0.25) is 10.1 Å². The highest BCUT2D eigenvalue weighted by atomic mass is 35.5. The van der Waals surface area contributed by atoms with E-state index < -0.39 is 0 Å². The molecule has 19 heavy (non-hydrogen) atoms. The van der Waals surface area contributed by atoms with Crippen LogP contribution in [0.1, 0.15) is 10.5 Å². The number of aryl methyl sites for hydroxylation is 1. The van der Waals surface area contributed by atoms with Gasteiger partial charge in [-0.2, -0.15) is 9.97 Å². The van der Waals surface area contributed by atoms with Gasteiger partial charge in [-0.15, -0.1) is 0 Å². The molecule has 0 aliphatic carbocycles. The molecule has 3 heterocycles. The summed E-state index contributed by atoms with van der Waals surface area (Å²) in [6.07, 6.45) is 3.24. The zero-order valence-electron chi connectivity index (χ0n) is 9.88. The van der Waals surface area contributed by atoms with Crippen molar-refractivity contribution in [2.24, 2.45) is 7.05 Å². The van der Waals surface area contributed by atoms with E-state index in [1.165, 1.54) is 6.33 Å². The molecule has 3 aromatic rings. The maximum atomic E-state index is 12.0. The number of fused-ring (bicyclic) bond motifs is 1. The van der Waals surface area contributed by atoms with E-state index in [4.69, 9.17) is 11.6 Å². The van der Waals surface area contributed by atoms with Crippen LogP contribution in [0, 0.1) is 0 Å². The molecule has 0 spiro atoms. The summed E-state index contributed by atoms with van der Waals surface area (Å²) in [4.78, 5) is 26.9. The number of hydrogen-bond donors (Lipinski definition) is 2. The third-order valence-corrected chi connectivity index (χ3v) is 2.92. The molecule has 0 saturated carbocycles. The summed E-state index contributed by atoms with van der Waals surface area (Å²) in [6, 6.07) is 3.48. The summed E-state index contributed by atoms with van der Waals surface area (Å²) in [5.41, 5.74) is 1.45. The minimum Gasteiger partial charge on any atom is -0.347 e. The van der Waals surface area contributed by atoms with Crippen molar-refractivity contribution in [2.45, 2.75) is 0 Å². The van der Waals surface area contributed by atoms with Crippen molar-refractivity contribution in [2.75, 3.05) is 5.32 Å². The van der Waals surface area contributed by atoms with E-state index in [-0.39, 0.29) is 17.0 Å². The third kappa shape index (κ3) is 2.04. The number of nitrogens with zero attached hydrogens (tertiary/aromatic N) is 4. The van der Waals surface area contributed by atoms with E-state index >= 15 is 0 Å². The molecule has 1 amide bonds. The number of amides is 1. The van der Waals surface area contributed by atoms with E-state index in [9.17, 15) is 4.79 Å². The molecule has 0 bridgehead atoms. The third-order valence-electron chi connectivity index (χ3n) is 2.64. The summed E-state index contributed by atoms with van der Waals surface area (Å²) in [5.74, 6) is -0.186. The second-order valence-electron chi connectivity index (χ2n) is 3.90. The molecule has 0 aliphatic heterocycles. The van der Waals surface area contributed by atoms with E-state index in [1.54, 1.807) is 29.9 Å². The monoisotopic (exact) mass is 276 g/mol. The Morgan fingerprint density at radius 2 is 2.32 bits per heavy atom. The first-order valence-electron chi connectivity index (χ1n) is 5.44. The van der Waals surface area contributed by atoms with E-state index in [2.05, 4.69) is 25.3 Å². The lowest BCUT2D eigenvalue weighted by molar-refractivity contribution is 0.101. The summed E-state index contributed by atoms with van der Waals surface area (Å²) < 4.78 is 1.70. The highest BCUT2D eigenvalue weighted by molar-refractivity contribution is 6.33. The molecule has 0 fully saturated rings. The second-order valence-corrected chi connectivity index (χ2v) is 4.26. The van der Waals surface area contributed by atoms with Crippen LogP contribution in [-0.4, -0.2) is 30.4 Å². The number of aromatic amines is 1. The van der Waals surface area contributed by atoms with Crippen LogP contribution >= 0.6 is 11.6 Å². The Balaban J connectivity index is 1.93. The number of halogens is 1. The number of imidazole rings is 1. The van der Waals surface area contributed by atoms with Crippen LogP contribution < -0.4 is 5.32 Å². The SMILES string of the molecule is Cn1cccc1C(=O)Nc1nc(Cl)c2[nH]cnc2n1. The number of hydrogen-bond acceptors (Lipinski definition) is 4. The van der Waals surface area contributed by atoms with Crippen LogP contribution in [0.5, 0.6) is 0 Å². The highest BCUT2D eigenvalue weighted by Crippen LogP contribution is 2.18. The first-order valence-corrected chi connectivity index (χ1v) is 5.82. The zero-order chi connectivity index (χ0) is 13.4. The number of anilines is 1. The van der Waals surface area contributed by atoms with Gasteiger partial charge in [0.2, 0.25) is 5.95 Å². The molecule has 0 aromatic carbocycles. The first kappa shape index (κ1) is 11.7. The normalized spacial score (nSPS) is 10.8. The number of nitrogens with one attached hydrogen (secondary N) is 2. The molecule has 0 atom stereocenters. The minimum absolute atomic E-state index is 0.121. The molecule has 96 valence electrons. The number of aromatic nitrogens is 5. The molecule has 0 radical (unpaired) electrons. The van der Waals surface area contributed by atoms with E-state index in [0.717, 1.165) is 0 Å². The summed E-state index contributed by atoms with van der Waals surface area (Å²) in [6.45, 7) is 0. The standard InChI is InChI=1S/C11H9ClN6O/c1-18-4-2-3-6(18)10(19)17-11-15-8(12)7-9(16-11)14-5-13-7/h2-5H,1H3,(H2,13,14,15,16,17,19). The number of H-pyrrole nitrogens is 1. The number of carbonyl (C=O) groups is 1. The highest BCUT2D eigenvalue weighted by Gasteiger charge is 2.13. The molecule has 0 aliphatic rings. The summed E-state index contributed by atoms with van der Waals surface area (Å²) >= 11 is 5.96. The van der Waals surface area contributed by atoms with Crippen LogP contribution in [-0.2, 0) is 7.05 Å². The Morgan fingerprint density at radius 3 is 3.05 bits per heavy atom. The number of rotatable bonds is 2. The molecular weight excluding hydrogens is 268 g/mol. The number of carbonyl (C=O) groups excluding carboxylic acids is 1. The van der Waals surface area contributed by atoms with Crippen molar-refractivity contribution in [3.05, 3.63) is 35.5 Å². The lowest BCUT2D eigenvalue weighted by Crippen LogP contribution is -2.17. The van der Waals surface area contributed by atoms with Crippen LogP contribution in [0.2, 0.25) is 5.15 Å². The van der Waals surface area contributed by atoms with E-state index in [0.29, 0.717) is 16.9 Å². The van der Waals surface area contributed by atoms with Gasteiger partial charge in [-0.25, -0.2) is 4.98 Å². The fourth-order valence-electron chi connectivity index (χ4n) is 1.72. The van der Waals surface area contributed by atoms with Crippen LogP contribution in [0.15, 0.2) is 24.7 Å². The van der Waals surface area contributed by atoms with Crippen LogP contribution in [0.3, 0.4) is 0 Å². The largest absolute Gasteiger partial charge is 0.347 e. The molecule has 2 N–H and O–H groups in total. The van der Waals surface area contributed by atoms with Gasteiger partial charge in [0, 0.05) is 13.2 Å². The van der Waals surface area contributed by atoms with Crippen LogP contribution in [0.4, 0.5) is 5.95 Å². The van der Waals surface area contributed by atoms with Gasteiger partial charge < -0.3 is 9.55 Å². The lowest BCUT2D eigenvalue weighted by Gasteiger charge is -2.04.